The Morgan fingerprint density at radius 1 is 1.03 bits per heavy atom. The highest BCUT2D eigenvalue weighted by atomic mass is 16.1. The number of nitrogens with zero attached hydrogens (tertiary/aromatic N) is 2. The van der Waals surface area contributed by atoms with Gasteiger partial charge in [0, 0.05) is 34.9 Å². The number of hydrogen-bond donors (Lipinski definition) is 2. The summed E-state index contributed by atoms with van der Waals surface area (Å²) in [5.41, 5.74) is 5.99. The average molecular weight is 394 g/mol. The summed E-state index contributed by atoms with van der Waals surface area (Å²) in [5.74, 6) is 0.915. The van der Waals surface area contributed by atoms with Gasteiger partial charge in [-0.3, -0.25) is 9.36 Å². The van der Waals surface area contributed by atoms with Crippen molar-refractivity contribution in [2.45, 2.75) is 19.8 Å². The number of carbonyl (C=O) groups is 1. The van der Waals surface area contributed by atoms with Gasteiger partial charge >= 0.3 is 0 Å². The van der Waals surface area contributed by atoms with Gasteiger partial charge in [-0.05, 0) is 55.3 Å². The van der Waals surface area contributed by atoms with Crippen molar-refractivity contribution in [2.75, 3.05) is 5.32 Å². The van der Waals surface area contributed by atoms with E-state index in [9.17, 15) is 4.79 Å². The van der Waals surface area contributed by atoms with Crippen molar-refractivity contribution in [1.29, 1.82) is 0 Å². The van der Waals surface area contributed by atoms with Crippen LogP contribution in [0.3, 0.4) is 0 Å². The van der Waals surface area contributed by atoms with E-state index < -0.39 is 0 Å². The van der Waals surface area contributed by atoms with E-state index in [2.05, 4.69) is 38.1 Å². The maximum absolute atomic E-state index is 12.5. The van der Waals surface area contributed by atoms with Crippen molar-refractivity contribution in [2.24, 2.45) is 0 Å². The number of anilines is 1. The predicted molar refractivity (Wildman–Crippen MR) is 121 cm³/mol. The van der Waals surface area contributed by atoms with Crippen LogP contribution < -0.4 is 5.32 Å². The first kappa shape index (κ1) is 18.2. The molecule has 0 aliphatic heterocycles. The summed E-state index contributed by atoms with van der Waals surface area (Å²) in [6.07, 6.45) is 3.11. The molecule has 0 aliphatic carbocycles. The van der Waals surface area contributed by atoms with E-state index in [0.29, 0.717) is 12.8 Å². The molecule has 1 amide bonds. The maximum atomic E-state index is 12.5. The zero-order chi connectivity index (χ0) is 20.5. The molecule has 0 bridgehead atoms. The lowest BCUT2D eigenvalue weighted by Crippen LogP contribution is -2.12. The second-order valence-electron chi connectivity index (χ2n) is 7.44. The van der Waals surface area contributed by atoms with Crippen LogP contribution in [0.25, 0.3) is 27.6 Å². The Bertz CT molecular complexity index is 1350. The van der Waals surface area contributed by atoms with Gasteiger partial charge < -0.3 is 10.3 Å². The molecule has 148 valence electrons. The zero-order valence-electron chi connectivity index (χ0n) is 16.7. The third-order valence-electron chi connectivity index (χ3n) is 5.42. The predicted octanol–water partition coefficient (Wildman–Crippen LogP) is 5.39. The molecule has 0 radical (unpaired) electrons. The van der Waals surface area contributed by atoms with E-state index in [-0.39, 0.29) is 5.91 Å². The molecule has 5 aromatic rings. The quantitative estimate of drug-likeness (QED) is 0.420. The van der Waals surface area contributed by atoms with E-state index in [0.717, 1.165) is 39.3 Å². The van der Waals surface area contributed by atoms with Crippen LogP contribution in [0.15, 0.2) is 79.0 Å². The topological polar surface area (TPSA) is 62.7 Å². The van der Waals surface area contributed by atoms with Crippen LogP contribution in [0, 0.1) is 6.92 Å². The monoisotopic (exact) mass is 394 g/mol. The van der Waals surface area contributed by atoms with Crippen molar-refractivity contribution in [3.63, 3.8) is 0 Å². The van der Waals surface area contributed by atoms with E-state index >= 15 is 0 Å². The molecular formula is C25H22N4O. The van der Waals surface area contributed by atoms with Gasteiger partial charge in [0.1, 0.15) is 5.82 Å². The lowest BCUT2D eigenvalue weighted by atomic mass is 10.1. The summed E-state index contributed by atoms with van der Waals surface area (Å²) in [6.45, 7) is 1.99. The lowest BCUT2D eigenvalue weighted by molar-refractivity contribution is -0.116. The van der Waals surface area contributed by atoms with E-state index in [1.54, 1.807) is 0 Å². The van der Waals surface area contributed by atoms with E-state index in [1.807, 2.05) is 67.7 Å². The fraction of sp³-hybridized carbons (Fsp3) is 0.120. The highest BCUT2D eigenvalue weighted by molar-refractivity contribution is 5.94. The Morgan fingerprint density at radius 2 is 1.83 bits per heavy atom. The summed E-state index contributed by atoms with van der Waals surface area (Å²) >= 11 is 0. The number of benzene rings is 3. The Hall–Kier alpha value is -3.86. The van der Waals surface area contributed by atoms with Crippen LogP contribution in [0.1, 0.15) is 17.8 Å². The molecule has 5 rings (SSSR count). The average Bonchev–Trinajstić information content (AvgIpc) is 3.32. The highest BCUT2D eigenvalue weighted by Crippen LogP contribution is 2.24. The molecule has 0 spiro atoms. The minimum absolute atomic E-state index is 0.00107. The molecule has 0 aliphatic rings. The number of aromatic nitrogens is 3. The van der Waals surface area contributed by atoms with Crippen molar-refractivity contribution in [3.8, 4) is 5.69 Å². The Balaban J connectivity index is 1.32. The van der Waals surface area contributed by atoms with Gasteiger partial charge in [-0.2, -0.15) is 0 Å². The van der Waals surface area contributed by atoms with E-state index in [4.69, 9.17) is 0 Å². The fourth-order valence-corrected chi connectivity index (χ4v) is 3.99. The molecule has 3 aromatic carbocycles. The number of rotatable bonds is 5. The third-order valence-corrected chi connectivity index (χ3v) is 5.42. The number of amides is 1. The van der Waals surface area contributed by atoms with Crippen LogP contribution in [-0.2, 0) is 11.2 Å². The number of nitrogens with one attached hydrogen (secondary N) is 2. The van der Waals surface area contributed by atoms with E-state index in [1.165, 1.54) is 5.39 Å². The van der Waals surface area contributed by atoms with Crippen molar-refractivity contribution in [3.05, 3.63) is 90.4 Å². The first-order valence-corrected chi connectivity index (χ1v) is 10.1. The van der Waals surface area contributed by atoms with Crippen LogP contribution >= 0.6 is 0 Å². The second-order valence-corrected chi connectivity index (χ2v) is 7.44. The number of hydrogen-bond acceptors (Lipinski definition) is 2. The molecule has 30 heavy (non-hydrogen) atoms. The largest absolute Gasteiger partial charge is 0.361 e. The Kier molecular flexibility index (Phi) is 4.56. The number of carbonyl (C=O) groups excluding carboxylic acids is 1. The number of imidazole rings is 1. The molecule has 0 atom stereocenters. The molecule has 2 aromatic heterocycles. The molecule has 5 heteroatoms. The number of H-pyrrole nitrogens is 1. The summed E-state index contributed by atoms with van der Waals surface area (Å²) in [6, 6.07) is 24.2. The number of para-hydroxylation sites is 2. The summed E-state index contributed by atoms with van der Waals surface area (Å²) in [5, 5.41) is 4.19. The second kappa shape index (κ2) is 7.52. The third kappa shape index (κ3) is 3.35. The minimum Gasteiger partial charge on any atom is -0.361 e. The van der Waals surface area contributed by atoms with Gasteiger partial charge in [0.25, 0.3) is 0 Å². The molecule has 2 N–H and O–H groups in total. The molecular weight excluding hydrogens is 372 g/mol. The summed E-state index contributed by atoms with van der Waals surface area (Å²) in [4.78, 5) is 20.5. The summed E-state index contributed by atoms with van der Waals surface area (Å²) in [7, 11) is 0. The lowest BCUT2D eigenvalue weighted by Gasteiger charge is -2.08. The van der Waals surface area contributed by atoms with Gasteiger partial charge in [-0.1, -0.05) is 36.4 Å². The SMILES string of the molecule is Cc1nc2cc(NC(=O)CCc3c[nH]c4ccccc34)ccc2n1-c1ccccc1. The first-order chi connectivity index (χ1) is 14.7. The van der Waals surface area contributed by atoms with Gasteiger partial charge in [0.15, 0.2) is 0 Å². The number of aryl methyl sites for hydroxylation is 2. The van der Waals surface area contributed by atoms with Gasteiger partial charge in [-0.15, -0.1) is 0 Å². The standard InChI is InChI=1S/C25H22N4O/c1-17-27-23-15-19(12-13-24(23)29(17)20-7-3-2-4-8-20)28-25(30)14-11-18-16-26-22-10-6-5-9-21(18)22/h2-10,12-13,15-16,26H,11,14H2,1H3,(H,28,30). The molecule has 5 nitrogen and oxygen atoms in total. The van der Waals surface area contributed by atoms with Gasteiger partial charge in [-0.25, -0.2) is 4.98 Å². The van der Waals surface area contributed by atoms with Crippen molar-refractivity contribution < 1.29 is 4.79 Å². The minimum atomic E-state index is -0.00107. The number of fused-ring (bicyclic) bond motifs is 2. The Labute approximate surface area is 174 Å². The van der Waals surface area contributed by atoms with Crippen LogP contribution in [0.2, 0.25) is 0 Å². The Morgan fingerprint density at radius 3 is 2.70 bits per heavy atom. The smallest absolute Gasteiger partial charge is 0.224 e. The van der Waals surface area contributed by atoms with Crippen LogP contribution in [-0.4, -0.2) is 20.4 Å². The first-order valence-electron chi connectivity index (χ1n) is 10.1. The summed E-state index contributed by atoms with van der Waals surface area (Å²) < 4.78 is 2.12. The molecule has 0 saturated carbocycles. The van der Waals surface area contributed by atoms with Crippen LogP contribution in [0.5, 0.6) is 0 Å². The van der Waals surface area contributed by atoms with Crippen molar-refractivity contribution in [1.82, 2.24) is 14.5 Å². The molecule has 0 saturated heterocycles. The fourth-order valence-electron chi connectivity index (χ4n) is 3.99. The maximum Gasteiger partial charge on any atom is 0.224 e. The normalized spacial score (nSPS) is 11.2. The zero-order valence-corrected chi connectivity index (χ0v) is 16.7. The van der Waals surface area contributed by atoms with Gasteiger partial charge in [0.2, 0.25) is 5.91 Å². The molecule has 0 unspecified atom stereocenters. The van der Waals surface area contributed by atoms with Crippen LogP contribution in [0.4, 0.5) is 5.69 Å². The van der Waals surface area contributed by atoms with Gasteiger partial charge in [0.05, 0.1) is 11.0 Å². The van der Waals surface area contributed by atoms with Crippen molar-refractivity contribution >= 4 is 33.5 Å². The molecule has 0 fully saturated rings. The highest BCUT2D eigenvalue weighted by Gasteiger charge is 2.11. The molecule has 2 heterocycles. The number of aromatic amines is 1.